The number of benzene rings is 1. The summed E-state index contributed by atoms with van der Waals surface area (Å²) < 4.78 is 5.37. The van der Waals surface area contributed by atoms with Gasteiger partial charge in [-0.1, -0.05) is 19.1 Å². The van der Waals surface area contributed by atoms with E-state index in [-0.39, 0.29) is 0 Å². The molecule has 1 aromatic rings. The van der Waals surface area contributed by atoms with Crippen LogP contribution in [0.25, 0.3) is 0 Å². The van der Waals surface area contributed by atoms with Gasteiger partial charge in [-0.25, -0.2) is 0 Å². The third-order valence-corrected chi connectivity index (χ3v) is 3.27. The second kappa shape index (κ2) is 8.11. The van der Waals surface area contributed by atoms with Crippen molar-refractivity contribution in [3.63, 3.8) is 0 Å². The van der Waals surface area contributed by atoms with Gasteiger partial charge in [0.05, 0.1) is 6.61 Å². The van der Waals surface area contributed by atoms with E-state index in [1.165, 1.54) is 11.3 Å². The maximum atomic E-state index is 5.37. The lowest BCUT2D eigenvalue weighted by atomic mass is 10.0. The minimum atomic E-state index is 0.452. The maximum absolute atomic E-state index is 5.37. The van der Waals surface area contributed by atoms with E-state index in [1.54, 1.807) is 0 Å². The molecule has 1 unspecified atom stereocenters. The number of hydrogen-bond donors (Lipinski definition) is 1. The zero-order chi connectivity index (χ0) is 13.4. The topological polar surface area (TPSA) is 24.5 Å². The van der Waals surface area contributed by atoms with Crippen LogP contribution in [0.15, 0.2) is 24.3 Å². The number of nitrogens with one attached hydrogen (secondary N) is 1. The molecule has 18 heavy (non-hydrogen) atoms. The fraction of sp³-hybridized carbons (Fsp3) is 0.600. The zero-order valence-electron chi connectivity index (χ0n) is 12.1. The number of nitrogens with zero attached hydrogens (tertiary/aromatic N) is 1. The standard InChI is InChI=1S/C15H26N2O/c1-5-15(16-3)13-7-9-14(10-8-13)17(4)11-12-18-6-2/h7-10,15-16H,5-6,11-12H2,1-4H3. The second-order valence-corrected chi connectivity index (χ2v) is 4.46. The Hall–Kier alpha value is -1.06. The number of rotatable bonds is 8. The molecule has 0 saturated carbocycles. The number of anilines is 1. The summed E-state index contributed by atoms with van der Waals surface area (Å²) >= 11 is 0. The first kappa shape index (κ1) is 15.0. The molecule has 0 saturated heterocycles. The van der Waals surface area contributed by atoms with Gasteiger partial charge in [-0.15, -0.1) is 0 Å². The first-order valence-corrected chi connectivity index (χ1v) is 6.79. The summed E-state index contributed by atoms with van der Waals surface area (Å²) in [6.45, 7) is 6.72. The van der Waals surface area contributed by atoms with Crippen molar-refractivity contribution in [1.82, 2.24) is 5.32 Å². The third-order valence-electron chi connectivity index (χ3n) is 3.27. The molecule has 1 aromatic carbocycles. The lowest BCUT2D eigenvalue weighted by molar-refractivity contribution is 0.154. The van der Waals surface area contributed by atoms with Crippen LogP contribution in [0, 0.1) is 0 Å². The van der Waals surface area contributed by atoms with E-state index < -0.39 is 0 Å². The maximum Gasteiger partial charge on any atom is 0.0641 e. The predicted octanol–water partition coefficient (Wildman–Crippen LogP) is 2.83. The molecule has 0 aliphatic heterocycles. The molecular formula is C15H26N2O. The van der Waals surface area contributed by atoms with Crippen LogP contribution in [0.2, 0.25) is 0 Å². The van der Waals surface area contributed by atoms with Gasteiger partial charge in [-0.2, -0.15) is 0 Å². The van der Waals surface area contributed by atoms with Crippen molar-refractivity contribution in [2.24, 2.45) is 0 Å². The Kier molecular flexibility index (Phi) is 6.76. The SMILES string of the molecule is CCOCCN(C)c1ccc(C(CC)NC)cc1. The van der Waals surface area contributed by atoms with E-state index in [2.05, 4.69) is 48.5 Å². The van der Waals surface area contributed by atoms with Crippen LogP contribution in [0.4, 0.5) is 5.69 Å². The third kappa shape index (κ3) is 4.31. The van der Waals surface area contributed by atoms with Crippen LogP contribution >= 0.6 is 0 Å². The molecular weight excluding hydrogens is 224 g/mol. The highest BCUT2D eigenvalue weighted by atomic mass is 16.5. The predicted molar refractivity (Wildman–Crippen MR) is 78.3 cm³/mol. The number of likely N-dealkylation sites (N-methyl/N-ethyl adjacent to an activating group) is 1. The Morgan fingerprint density at radius 1 is 1.22 bits per heavy atom. The van der Waals surface area contributed by atoms with Crippen LogP contribution in [-0.4, -0.2) is 33.9 Å². The van der Waals surface area contributed by atoms with Gasteiger partial charge in [0.2, 0.25) is 0 Å². The highest BCUT2D eigenvalue weighted by molar-refractivity contribution is 5.47. The first-order valence-electron chi connectivity index (χ1n) is 6.79. The van der Waals surface area contributed by atoms with Gasteiger partial charge in [0.25, 0.3) is 0 Å². The molecule has 102 valence electrons. The summed E-state index contributed by atoms with van der Waals surface area (Å²) in [5.41, 5.74) is 2.59. The lowest BCUT2D eigenvalue weighted by Gasteiger charge is -2.20. The van der Waals surface area contributed by atoms with Crippen molar-refractivity contribution in [3.8, 4) is 0 Å². The largest absolute Gasteiger partial charge is 0.380 e. The first-order chi connectivity index (χ1) is 8.72. The van der Waals surface area contributed by atoms with Crippen LogP contribution in [0.5, 0.6) is 0 Å². The van der Waals surface area contributed by atoms with E-state index in [1.807, 2.05) is 14.0 Å². The van der Waals surface area contributed by atoms with Crippen molar-refractivity contribution in [2.75, 3.05) is 38.8 Å². The molecule has 1 atom stereocenters. The van der Waals surface area contributed by atoms with E-state index in [4.69, 9.17) is 4.74 Å². The van der Waals surface area contributed by atoms with E-state index in [0.717, 1.165) is 26.2 Å². The fourth-order valence-electron chi connectivity index (χ4n) is 2.04. The quantitative estimate of drug-likeness (QED) is 0.718. The average Bonchev–Trinajstić information content (AvgIpc) is 2.41. The Balaban J connectivity index is 2.58. The van der Waals surface area contributed by atoms with Crippen molar-refractivity contribution >= 4 is 5.69 Å². The van der Waals surface area contributed by atoms with Gasteiger partial charge in [-0.05, 0) is 38.1 Å². The molecule has 0 amide bonds. The average molecular weight is 250 g/mol. The second-order valence-electron chi connectivity index (χ2n) is 4.46. The summed E-state index contributed by atoms with van der Waals surface area (Å²) in [5.74, 6) is 0. The fourth-order valence-corrected chi connectivity index (χ4v) is 2.04. The summed E-state index contributed by atoms with van der Waals surface area (Å²) in [5, 5.41) is 3.32. The van der Waals surface area contributed by atoms with E-state index in [0.29, 0.717) is 6.04 Å². The lowest BCUT2D eigenvalue weighted by Crippen LogP contribution is -2.22. The smallest absolute Gasteiger partial charge is 0.0641 e. The van der Waals surface area contributed by atoms with Crippen molar-refractivity contribution in [3.05, 3.63) is 29.8 Å². The van der Waals surface area contributed by atoms with Gasteiger partial charge in [-0.3, -0.25) is 0 Å². The van der Waals surface area contributed by atoms with E-state index in [9.17, 15) is 0 Å². The zero-order valence-corrected chi connectivity index (χ0v) is 12.1. The Morgan fingerprint density at radius 3 is 2.39 bits per heavy atom. The van der Waals surface area contributed by atoms with Crippen molar-refractivity contribution < 1.29 is 4.74 Å². The minimum absolute atomic E-state index is 0.452. The Bertz CT molecular complexity index is 320. The molecule has 1 N–H and O–H groups in total. The summed E-state index contributed by atoms with van der Waals surface area (Å²) in [4.78, 5) is 2.22. The Labute approximate surface area is 111 Å². The molecule has 0 bridgehead atoms. The van der Waals surface area contributed by atoms with Gasteiger partial charge < -0.3 is 15.0 Å². The Morgan fingerprint density at radius 2 is 1.89 bits per heavy atom. The summed E-state index contributed by atoms with van der Waals surface area (Å²) in [6, 6.07) is 9.23. The van der Waals surface area contributed by atoms with Gasteiger partial charge >= 0.3 is 0 Å². The van der Waals surface area contributed by atoms with Crippen LogP contribution in [0.1, 0.15) is 31.9 Å². The van der Waals surface area contributed by atoms with Crippen LogP contribution < -0.4 is 10.2 Å². The molecule has 0 radical (unpaired) electrons. The number of ether oxygens (including phenoxy) is 1. The van der Waals surface area contributed by atoms with Gasteiger partial charge in [0.15, 0.2) is 0 Å². The van der Waals surface area contributed by atoms with Crippen molar-refractivity contribution in [1.29, 1.82) is 0 Å². The molecule has 1 rings (SSSR count). The molecule has 0 fully saturated rings. The normalized spacial score (nSPS) is 12.4. The molecule has 3 heteroatoms. The molecule has 0 aromatic heterocycles. The van der Waals surface area contributed by atoms with Crippen LogP contribution in [0.3, 0.4) is 0 Å². The molecule has 3 nitrogen and oxygen atoms in total. The molecule has 0 heterocycles. The summed E-state index contributed by atoms with van der Waals surface area (Å²) in [6.07, 6.45) is 1.11. The molecule has 0 aliphatic rings. The van der Waals surface area contributed by atoms with E-state index >= 15 is 0 Å². The van der Waals surface area contributed by atoms with Crippen molar-refractivity contribution in [2.45, 2.75) is 26.3 Å². The minimum Gasteiger partial charge on any atom is -0.380 e. The highest BCUT2D eigenvalue weighted by Gasteiger charge is 2.07. The monoisotopic (exact) mass is 250 g/mol. The molecule has 0 spiro atoms. The van der Waals surface area contributed by atoms with Gasteiger partial charge in [0, 0.05) is 31.9 Å². The van der Waals surface area contributed by atoms with Crippen LogP contribution in [-0.2, 0) is 4.74 Å². The number of hydrogen-bond acceptors (Lipinski definition) is 3. The van der Waals surface area contributed by atoms with Gasteiger partial charge in [0.1, 0.15) is 0 Å². The highest BCUT2D eigenvalue weighted by Crippen LogP contribution is 2.20. The summed E-state index contributed by atoms with van der Waals surface area (Å²) in [7, 11) is 4.11. The molecule has 0 aliphatic carbocycles.